The zero-order valence-electron chi connectivity index (χ0n) is 15.9. The molecule has 0 aliphatic carbocycles. The number of rotatable bonds is 2. The van der Waals surface area contributed by atoms with Gasteiger partial charge in [-0.3, -0.25) is 9.69 Å². The molecule has 0 radical (unpaired) electrons. The van der Waals surface area contributed by atoms with Gasteiger partial charge in [0.2, 0.25) is 0 Å². The summed E-state index contributed by atoms with van der Waals surface area (Å²) < 4.78 is 14.8. The largest absolute Gasteiger partial charge is 0.338 e. The summed E-state index contributed by atoms with van der Waals surface area (Å²) in [6.07, 6.45) is 0. The van der Waals surface area contributed by atoms with Crippen molar-refractivity contribution in [2.24, 2.45) is 11.8 Å². The molecule has 28 heavy (non-hydrogen) atoms. The van der Waals surface area contributed by atoms with Gasteiger partial charge in [0, 0.05) is 37.2 Å². The highest BCUT2D eigenvalue weighted by molar-refractivity contribution is 7.18. The van der Waals surface area contributed by atoms with Crippen LogP contribution in [0.2, 0.25) is 0 Å². The van der Waals surface area contributed by atoms with Gasteiger partial charge in [0.05, 0.1) is 15.2 Å². The van der Waals surface area contributed by atoms with Crippen LogP contribution in [-0.4, -0.2) is 47.4 Å². The molecule has 144 valence electrons. The third kappa shape index (κ3) is 2.91. The molecule has 0 saturated carbocycles. The summed E-state index contributed by atoms with van der Waals surface area (Å²) in [5.41, 5.74) is 2.68. The van der Waals surface area contributed by atoms with Crippen LogP contribution < -0.4 is 0 Å². The number of hydrogen-bond acceptors (Lipinski definition) is 4. The highest BCUT2D eigenvalue weighted by Gasteiger charge is 2.47. The lowest BCUT2D eigenvalue weighted by Crippen LogP contribution is -2.33. The van der Waals surface area contributed by atoms with Gasteiger partial charge in [-0.05, 0) is 55.8 Å². The molecule has 5 rings (SSSR count). The van der Waals surface area contributed by atoms with Gasteiger partial charge in [-0.2, -0.15) is 0 Å². The first-order valence-electron chi connectivity index (χ1n) is 9.62. The number of aromatic nitrogens is 1. The van der Waals surface area contributed by atoms with Gasteiger partial charge in [0.1, 0.15) is 5.82 Å². The fourth-order valence-corrected chi connectivity index (χ4v) is 5.84. The smallest absolute Gasteiger partial charge is 0.253 e. The Labute approximate surface area is 167 Å². The quantitative estimate of drug-likeness (QED) is 0.655. The number of likely N-dealkylation sites (tertiary alicyclic amines) is 2. The highest BCUT2D eigenvalue weighted by Crippen LogP contribution is 2.44. The molecule has 0 bridgehead atoms. The molecule has 2 fully saturated rings. The topological polar surface area (TPSA) is 36.4 Å². The summed E-state index contributed by atoms with van der Waals surface area (Å²) in [5.74, 6) is 0.651. The first kappa shape index (κ1) is 17.8. The van der Waals surface area contributed by atoms with Crippen molar-refractivity contribution in [1.29, 1.82) is 0 Å². The van der Waals surface area contributed by atoms with Crippen LogP contribution in [0.5, 0.6) is 0 Å². The van der Waals surface area contributed by atoms with Gasteiger partial charge >= 0.3 is 0 Å². The fraction of sp³-hybridized carbons (Fsp3) is 0.364. The maximum atomic E-state index is 13.8. The van der Waals surface area contributed by atoms with E-state index in [9.17, 15) is 9.18 Å². The third-order valence-electron chi connectivity index (χ3n) is 6.11. The highest BCUT2D eigenvalue weighted by atomic mass is 32.1. The molecule has 2 saturated heterocycles. The zero-order valence-corrected chi connectivity index (χ0v) is 16.7. The minimum atomic E-state index is -0.201. The Bertz CT molecular complexity index is 1060. The number of fused-ring (bicyclic) bond motifs is 2. The van der Waals surface area contributed by atoms with Crippen LogP contribution in [0.4, 0.5) is 4.39 Å². The molecule has 3 heterocycles. The average molecular weight is 396 g/mol. The number of thiazole rings is 1. The predicted molar refractivity (Wildman–Crippen MR) is 109 cm³/mol. The number of benzene rings is 2. The molecule has 1 amide bonds. The first-order chi connectivity index (χ1) is 13.5. The number of amides is 1. The van der Waals surface area contributed by atoms with E-state index in [0.717, 1.165) is 46.0 Å². The van der Waals surface area contributed by atoms with Crippen LogP contribution in [0, 0.1) is 24.6 Å². The Morgan fingerprint density at radius 2 is 2.04 bits per heavy atom. The maximum Gasteiger partial charge on any atom is 0.253 e. The summed E-state index contributed by atoms with van der Waals surface area (Å²) in [4.78, 5) is 21.9. The van der Waals surface area contributed by atoms with Crippen LogP contribution >= 0.6 is 11.3 Å². The van der Waals surface area contributed by atoms with Gasteiger partial charge in [0.15, 0.2) is 0 Å². The molecular formula is C22H22FN3OS. The van der Waals surface area contributed by atoms with E-state index in [-0.39, 0.29) is 17.8 Å². The number of hydrogen-bond donors (Lipinski definition) is 0. The lowest BCUT2D eigenvalue weighted by molar-refractivity contribution is 0.0768. The van der Waals surface area contributed by atoms with Crippen molar-refractivity contribution in [3.05, 3.63) is 64.4 Å². The predicted octanol–water partition coefficient (Wildman–Crippen LogP) is 4.12. The fourth-order valence-electron chi connectivity index (χ4n) is 4.97. The Morgan fingerprint density at radius 1 is 1.18 bits per heavy atom. The first-order valence-corrected chi connectivity index (χ1v) is 10.4. The normalized spacial score (nSPS) is 24.8. The Balaban J connectivity index is 1.39. The SMILES string of the molecule is Cc1nc2ccc(C(=O)N3C[C@@H]4CN(C)[C@@H](c5cccc(F)c5)[C@@H]4C3)cc2s1. The monoisotopic (exact) mass is 395 g/mol. The zero-order chi connectivity index (χ0) is 19.4. The van der Waals surface area contributed by atoms with Gasteiger partial charge in [-0.25, -0.2) is 9.37 Å². The van der Waals surface area contributed by atoms with Crippen molar-refractivity contribution in [3.8, 4) is 0 Å². The van der Waals surface area contributed by atoms with E-state index in [4.69, 9.17) is 0 Å². The van der Waals surface area contributed by atoms with Crippen molar-refractivity contribution in [3.63, 3.8) is 0 Å². The summed E-state index contributed by atoms with van der Waals surface area (Å²) in [5, 5.41) is 1.01. The van der Waals surface area contributed by atoms with Crippen LogP contribution in [0.15, 0.2) is 42.5 Å². The summed E-state index contributed by atoms with van der Waals surface area (Å²) in [6.45, 7) is 4.40. The van der Waals surface area contributed by atoms with E-state index in [2.05, 4.69) is 16.9 Å². The molecular weight excluding hydrogens is 373 g/mol. The Hall–Kier alpha value is -2.31. The molecule has 2 aliphatic rings. The van der Waals surface area contributed by atoms with Gasteiger partial charge in [-0.15, -0.1) is 11.3 Å². The number of carbonyl (C=O) groups is 1. The van der Waals surface area contributed by atoms with Crippen LogP contribution in [0.3, 0.4) is 0 Å². The molecule has 0 spiro atoms. The molecule has 3 atom stereocenters. The number of aryl methyl sites for hydroxylation is 1. The van der Waals surface area contributed by atoms with Crippen molar-refractivity contribution in [2.75, 3.05) is 26.7 Å². The van der Waals surface area contributed by atoms with Gasteiger partial charge < -0.3 is 4.90 Å². The molecule has 6 heteroatoms. The molecule has 0 unspecified atom stereocenters. The molecule has 2 aromatic carbocycles. The van der Waals surface area contributed by atoms with Crippen molar-refractivity contribution in [2.45, 2.75) is 13.0 Å². The summed E-state index contributed by atoms with van der Waals surface area (Å²) >= 11 is 1.62. The second kappa shape index (κ2) is 6.64. The van der Waals surface area contributed by atoms with Crippen LogP contribution in [0.1, 0.15) is 27.0 Å². The van der Waals surface area contributed by atoms with E-state index >= 15 is 0 Å². The van der Waals surface area contributed by atoms with Gasteiger partial charge in [0.25, 0.3) is 5.91 Å². The standard InChI is InChI=1S/C22H22FN3OS/c1-13-24-19-7-6-15(9-20(19)28-13)22(27)26-11-16-10-25(2)21(18(16)12-26)14-4-3-5-17(23)8-14/h3-9,16,18,21H,10-12H2,1-2H3/t16-,18+,21-/m0/s1. The van der Waals surface area contributed by atoms with E-state index in [1.165, 1.54) is 6.07 Å². The molecule has 3 aromatic rings. The third-order valence-corrected chi connectivity index (χ3v) is 7.05. The van der Waals surface area contributed by atoms with E-state index < -0.39 is 0 Å². The summed E-state index contributed by atoms with van der Waals surface area (Å²) in [7, 11) is 2.10. The van der Waals surface area contributed by atoms with E-state index in [0.29, 0.717) is 11.8 Å². The minimum absolute atomic E-state index is 0.0861. The second-order valence-corrected chi connectivity index (χ2v) is 9.22. The van der Waals surface area contributed by atoms with Crippen molar-refractivity contribution < 1.29 is 9.18 Å². The maximum absolute atomic E-state index is 13.8. The number of carbonyl (C=O) groups excluding carboxylic acids is 1. The van der Waals surface area contributed by atoms with E-state index in [1.807, 2.05) is 36.1 Å². The lowest BCUT2D eigenvalue weighted by Gasteiger charge is -2.27. The second-order valence-electron chi connectivity index (χ2n) is 7.99. The van der Waals surface area contributed by atoms with Crippen LogP contribution in [0.25, 0.3) is 10.2 Å². The summed E-state index contributed by atoms with van der Waals surface area (Å²) in [6, 6.07) is 12.8. The average Bonchev–Trinajstić information content (AvgIpc) is 3.31. The number of halogens is 1. The molecule has 0 N–H and O–H groups in total. The Morgan fingerprint density at radius 3 is 2.86 bits per heavy atom. The molecule has 4 nitrogen and oxygen atoms in total. The van der Waals surface area contributed by atoms with Crippen molar-refractivity contribution >= 4 is 27.5 Å². The lowest BCUT2D eigenvalue weighted by atomic mass is 9.89. The van der Waals surface area contributed by atoms with Gasteiger partial charge in [-0.1, -0.05) is 12.1 Å². The van der Waals surface area contributed by atoms with Crippen molar-refractivity contribution in [1.82, 2.24) is 14.8 Å². The molecule has 1 aromatic heterocycles. The Kier molecular flexibility index (Phi) is 4.21. The molecule has 2 aliphatic heterocycles. The van der Waals surface area contributed by atoms with E-state index in [1.54, 1.807) is 23.5 Å². The number of nitrogens with zero attached hydrogens (tertiary/aromatic N) is 3. The minimum Gasteiger partial charge on any atom is -0.338 e. The van der Waals surface area contributed by atoms with Crippen LogP contribution in [-0.2, 0) is 0 Å².